The third kappa shape index (κ3) is 4.63. The number of hydrogen-bond donors (Lipinski definition) is 1. The van der Waals surface area contributed by atoms with E-state index in [0.717, 1.165) is 12.1 Å². The first-order chi connectivity index (χ1) is 10.0. The van der Waals surface area contributed by atoms with Crippen LogP contribution in [-0.4, -0.2) is 12.5 Å². The van der Waals surface area contributed by atoms with Crippen LogP contribution >= 0.6 is 0 Å². The lowest BCUT2D eigenvalue weighted by molar-refractivity contribution is -0.120. The zero-order valence-corrected chi connectivity index (χ0v) is 11.2. The molecule has 0 saturated carbocycles. The molecule has 0 heterocycles. The monoisotopic (exact) mass is 293 g/mol. The van der Waals surface area contributed by atoms with Crippen molar-refractivity contribution in [1.29, 1.82) is 0 Å². The summed E-state index contributed by atoms with van der Waals surface area (Å²) in [7, 11) is 0. The minimum atomic E-state index is -0.904. The van der Waals surface area contributed by atoms with E-state index in [4.69, 9.17) is 0 Å². The molecule has 2 rings (SSSR count). The third-order valence-electron chi connectivity index (χ3n) is 2.97. The largest absolute Gasteiger partial charge is 0.355 e. The maximum atomic E-state index is 13.0. The Morgan fingerprint density at radius 1 is 0.952 bits per heavy atom. The molecular weight excluding hydrogens is 279 g/mol. The van der Waals surface area contributed by atoms with E-state index in [1.54, 1.807) is 12.1 Å². The molecule has 2 aromatic carbocycles. The molecule has 0 aliphatic rings. The minimum Gasteiger partial charge on any atom is -0.355 e. The van der Waals surface area contributed by atoms with Crippen LogP contribution < -0.4 is 5.32 Å². The molecule has 1 N–H and O–H groups in total. The molecule has 0 aromatic heterocycles. The topological polar surface area (TPSA) is 29.1 Å². The van der Waals surface area contributed by atoms with Crippen LogP contribution in [0.3, 0.4) is 0 Å². The van der Waals surface area contributed by atoms with Crippen molar-refractivity contribution in [3.63, 3.8) is 0 Å². The van der Waals surface area contributed by atoms with Gasteiger partial charge in [-0.3, -0.25) is 4.79 Å². The molecule has 0 aliphatic heterocycles. The van der Waals surface area contributed by atoms with E-state index in [2.05, 4.69) is 5.32 Å². The van der Waals surface area contributed by atoms with Gasteiger partial charge in [-0.15, -0.1) is 0 Å². The maximum Gasteiger partial charge on any atom is 0.224 e. The van der Waals surface area contributed by atoms with E-state index in [1.807, 2.05) is 0 Å². The molecule has 0 radical (unpaired) electrons. The van der Waals surface area contributed by atoms with Crippen molar-refractivity contribution in [2.75, 3.05) is 6.54 Å². The highest BCUT2D eigenvalue weighted by Gasteiger charge is 2.05. The van der Waals surface area contributed by atoms with E-state index in [1.165, 1.54) is 18.2 Å². The van der Waals surface area contributed by atoms with Gasteiger partial charge in [0.05, 0.1) is 6.42 Å². The Bertz CT molecular complexity index is 643. The molecule has 0 unspecified atom stereocenters. The van der Waals surface area contributed by atoms with Crippen molar-refractivity contribution < 1.29 is 18.0 Å². The molecule has 0 fully saturated rings. The molecule has 0 atom stereocenters. The molecule has 0 aliphatic carbocycles. The Morgan fingerprint density at radius 3 is 2.48 bits per heavy atom. The number of carbonyl (C=O) groups is 1. The van der Waals surface area contributed by atoms with Crippen molar-refractivity contribution in [2.24, 2.45) is 0 Å². The summed E-state index contributed by atoms with van der Waals surface area (Å²) in [5.74, 6) is -2.43. The summed E-state index contributed by atoms with van der Waals surface area (Å²) >= 11 is 0. The number of halogens is 3. The number of benzene rings is 2. The molecule has 0 saturated heterocycles. The van der Waals surface area contributed by atoms with Crippen molar-refractivity contribution in [3.05, 3.63) is 71.0 Å². The lowest BCUT2D eigenvalue weighted by Crippen LogP contribution is -2.27. The van der Waals surface area contributed by atoms with Gasteiger partial charge in [-0.1, -0.05) is 18.2 Å². The van der Waals surface area contributed by atoms with Gasteiger partial charge in [0.15, 0.2) is 11.6 Å². The van der Waals surface area contributed by atoms with E-state index in [9.17, 15) is 18.0 Å². The van der Waals surface area contributed by atoms with Gasteiger partial charge in [0.1, 0.15) is 5.82 Å². The first-order valence-electron chi connectivity index (χ1n) is 6.49. The molecule has 1 amide bonds. The van der Waals surface area contributed by atoms with Crippen LogP contribution in [0.4, 0.5) is 13.2 Å². The molecular formula is C16H14F3NO. The minimum absolute atomic E-state index is 0.0789. The fourth-order valence-electron chi connectivity index (χ4n) is 1.94. The number of hydrogen-bond acceptors (Lipinski definition) is 1. The van der Waals surface area contributed by atoms with Crippen LogP contribution in [0.1, 0.15) is 11.1 Å². The summed E-state index contributed by atoms with van der Waals surface area (Å²) in [6, 6.07) is 9.45. The molecule has 110 valence electrons. The van der Waals surface area contributed by atoms with Gasteiger partial charge in [-0.05, 0) is 41.8 Å². The normalized spacial score (nSPS) is 10.4. The molecule has 0 spiro atoms. The molecule has 5 heteroatoms. The van der Waals surface area contributed by atoms with Gasteiger partial charge in [0.25, 0.3) is 0 Å². The van der Waals surface area contributed by atoms with Gasteiger partial charge in [-0.25, -0.2) is 13.2 Å². The number of amides is 1. The predicted molar refractivity (Wildman–Crippen MR) is 73.2 cm³/mol. The lowest BCUT2D eigenvalue weighted by Gasteiger charge is -2.06. The number of rotatable bonds is 5. The summed E-state index contributed by atoms with van der Waals surface area (Å²) in [4.78, 5) is 11.7. The molecule has 2 aromatic rings. The SMILES string of the molecule is O=C(Cc1cccc(F)c1)NCCc1ccc(F)c(F)c1. The molecule has 2 nitrogen and oxygen atoms in total. The quantitative estimate of drug-likeness (QED) is 0.902. The van der Waals surface area contributed by atoms with Crippen LogP contribution in [0.25, 0.3) is 0 Å². The highest BCUT2D eigenvalue weighted by Crippen LogP contribution is 2.09. The maximum absolute atomic E-state index is 13.0. The third-order valence-corrected chi connectivity index (χ3v) is 2.97. The number of carbonyl (C=O) groups excluding carboxylic acids is 1. The first kappa shape index (κ1) is 15.1. The van der Waals surface area contributed by atoms with Crippen LogP contribution in [0, 0.1) is 17.5 Å². The van der Waals surface area contributed by atoms with Gasteiger partial charge >= 0.3 is 0 Å². The molecule has 21 heavy (non-hydrogen) atoms. The average molecular weight is 293 g/mol. The Morgan fingerprint density at radius 2 is 1.76 bits per heavy atom. The highest BCUT2D eigenvalue weighted by atomic mass is 19.2. The van der Waals surface area contributed by atoms with Crippen molar-refractivity contribution in [1.82, 2.24) is 5.32 Å². The highest BCUT2D eigenvalue weighted by molar-refractivity contribution is 5.78. The standard InChI is InChI=1S/C16H14F3NO/c17-13-3-1-2-12(8-13)10-16(21)20-7-6-11-4-5-14(18)15(19)9-11/h1-5,8-9H,6-7,10H2,(H,20,21). The van der Waals surface area contributed by atoms with Gasteiger partial charge in [-0.2, -0.15) is 0 Å². The van der Waals surface area contributed by atoms with E-state index >= 15 is 0 Å². The lowest BCUT2D eigenvalue weighted by atomic mass is 10.1. The second-order valence-electron chi connectivity index (χ2n) is 4.66. The van der Waals surface area contributed by atoms with Crippen molar-refractivity contribution >= 4 is 5.91 Å². The van der Waals surface area contributed by atoms with Crippen LogP contribution in [0.2, 0.25) is 0 Å². The van der Waals surface area contributed by atoms with Crippen LogP contribution in [-0.2, 0) is 17.6 Å². The molecule has 0 bridgehead atoms. The van der Waals surface area contributed by atoms with Gasteiger partial charge < -0.3 is 5.32 Å². The van der Waals surface area contributed by atoms with Crippen molar-refractivity contribution in [3.8, 4) is 0 Å². The predicted octanol–water partition coefficient (Wildman–Crippen LogP) is 3.01. The summed E-state index contributed by atoms with van der Waals surface area (Å²) in [5, 5.41) is 2.66. The second kappa shape index (κ2) is 6.92. The summed E-state index contributed by atoms with van der Waals surface area (Å²) in [6.45, 7) is 0.305. The fraction of sp³-hybridized carbons (Fsp3) is 0.188. The zero-order chi connectivity index (χ0) is 15.2. The Labute approximate surface area is 120 Å². The average Bonchev–Trinajstić information content (AvgIpc) is 2.43. The summed E-state index contributed by atoms with van der Waals surface area (Å²) < 4.78 is 38.7. The summed E-state index contributed by atoms with van der Waals surface area (Å²) in [5.41, 5.74) is 1.18. The number of nitrogens with one attached hydrogen (secondary N) is 1. The second-order valence-corrected chi connectivity index (χ2v) is 4.66. The first-order valence-corrected chi connectivity index (χ1v) is 6.49. The van der Waals surface area contributed by atoms with Gasteiger partial charge in [0, 0.05) is 6.54 Å². The Balaban J connectivity index is 1.80. The fourth-order valence-corrected chi connectivity index (χ4v) is 1.94. The zero-order valence-electron chi connectivity index (χ0n) is 11.2. The summed E-state index contributed by atoms with van der Waals surface area (Å²) in [6.07, 6.45) is 0.474. The van der Waals surface area contributed by atoms with E-state index in [0.29, 0.717) is 24.1 Å². The van der Waals surface area contributed by atoms with E-state index < -0.39 is 11.6 Å². The Hall–Kier alpha value is -2.30. The van der Waals surface area contributed by atoms with Crippen molar-refractivity contribution in [2.45, 2.75) is 12.8 Å². The van der Waals surface area contributed by atoms with Gasteiger partial charge in [0.2, 0.25) is 5.91 Å². The van der Waals surface area contributed by atoms with Crippen LogP contribution in [0.15, 0.2) is 42.5 Å². The van der Waals surface area contributed by atoms with Crippen LogP contribution in [0.5, 0.6) is 0 Å². The van der Waals surface area contributed by atoms with E-state index in [-0.39, 0.29) is 18.1 Å². The Kier molecular flexibility index (Phi) is 4.98. The smallest absolute Gasteiger partial charge is 0.224 e.